The van der Waals surface area contributed by atoms with Crippen LogP contribution in [0.1, 0.15) is 19.3 Å². The molecule has 0 amide bonds. The van der Waals surface area contributed by atoms with Gasteiger partial charge in [0.15, 0.2) is 0 Å². The number of hydrogen-bond donors (Lipinski definition) is 4. The summed E-state index contributed by atoms with van der Waals surface area (Å²) >= 11 is 0. The summed E-state index contributed by atoms with van der Waals surface area (Å²) < 4.78 is 36.0. The molecule has 0 aliphatic carbocycles. The van der Waals surface area contributed by atoms with E-state index in [4.69, 9.17) is 16.0 Å². The highest BCUT2D eigenvalue weighted by atomic mass is 19.4. The maximum atomic E-state index is 12.0. The van der Waals surface area contributed by atoms with Gasteiger partial charge in [-0.1, -0.05) is 0 Å². The second-order valence-electron chi connectivity index (χ2n) is 3.28. The van der Waals surface area contributed by atoms with E-state index in [0.29, 0.717) is 6.42 Å². The number of nitrogens with two attached hydrogens (primary N) is 1. The molecule has 0 saturated carbocycles. The summed E-state index contributed by atoms with van der Waals surface area (Å²) in [5.41, 5.74) is 6.15. The Morgan fingerprint density at radius 1 is 1.41 bits per heavy atom. The summed E-state index contributed by atoms with van der Waals surface area (Å²) in [5, 5.41) is 16.6. The fourth-order valence-electron chi connectivity index (χ4n) is 0.979. The molecule has 0 bridgehead atoms. The first-order valence-corrected chi connectivity index (χ1v) is 4.79. The summed E-state index contributed by atoms with van der Waals surface area (Å²) in [7, 11) is 0. The van der Waals surface area contributed by atoms with Crippen molar-refractivity contribution in [3.63, 3.8) is 0 Å². The Labute approximate surface area is 95.3 Å². The summed E-state index contributed by atoms with van der Waals surface area (Å²) in [5.74, 6) is -2.62. The first kappa shape index (κ1) is 15.7. The van der Waals surface area contributed by atoms with E-state index in [1.54, 1.807) is 0 Å². The van der Waals surface area contributed by atoms with Crippen molar-refractivity contribution in [2.24, 2.45) is 10.7 Å². The second kappa shape index (κ2) is 7.07. The van der Waals surface area contributed by atoms with Gasteiger partial charge in [-0.05, 0) is 19.3 Å². The van der Waals surface area contributed by atoms with Crippen molar-refractivity contribution in [3.8, 4) is 0 Å². The van der Waals surface area contributed by atoms with E-state index < -0.39 is 24.0 Å². The van der Waals surface area contributed by atoms with Crippen molar-refractivity contribution < 1.29 is 28.3 Å². The SMILES string of the molecule is NC(CCCCN=C(NO)C(F)(F)F)C(=O)O. The van der Waals surface area contributed by atoms with Crippen molar-refractivity contribution in [1.82, 2.24) is 5.48 Å². The standard InChI is InChI=1S/C8H14F3N3O3/c9-8(10,11)7(14-17)13-4-2-1-3-5(12)6(15)16/h5,17H,1-4,12H2,(H,13,14)(H,15,16). The third kappa shape index (κ3) is 6.74. The van der Waals surface area contributed by atoms with Crippen LogP contribution in [0.2, 0.25) is 0 Å². The molecule has 0 aliphatic rings. The van der Waals surface area contributed by atoms with E-state index >= 15 is 0 Å². The molecule has 5 N–H and O–H groups in total. The Morgan fingerprint density at radius 2 is 2.00 bits per heavy atom. The number of amidine groups is 1. The van der Waals surface area contributed by atoms with Crippen molar-refractivity contribution >= 4 is 11.8 Å². The van der Waals surface area contributed by atoms with Gasteiger partial charge < -0.3 is 10.8 Å². The van der Waals surface area contributed by atoms with Crippen molar-refractivity contribution in [3.05, 3.63) is 0 Å². The van der Waals surface area contributed by atoms with E-state index in [2.05, 4.69) is 4.99 Å². The largest absolute Gasteiger partial charge is 0.480 e. The number of aliphatic imine (C=N–C) groups is 1. The summed E-state index contributed by atoms with van der Waals surface area (Å²) in [6.07, 6.45) is -3.97. The van der Waals surface area contributed by atoms with Gasteiger partial charge in [-0.2, -0.15) is 13.2 Å². The number of rotatable bonds is 6. The minimum Gasteiger partial charge on any atom is -0.480 e. The fraction of sp³-hybridized carbons (Fsp3) is 0.750. The molecule has 0 heterocycles. The molecule has 0 aliphatic heterocycles. The number of nitrogens with zero attached hydrogens (tertiary/aromatic N) is 1. The zero-order valence-corrected chi connectivity index (χ0v) is 8.87. The number of hydrogen-bond acceptors (Lipinski definition) is 4. The molecule has 0 spiro atoms. The van der Waals surface area contributed by atoms with E-state index in [0.717, 1.165) is 5.48 Å². The lowest BCUT2D eigenvalue weighted by atomic mass is 10.1. The lowest BCUT2D eigenvalue weighted by Gasteiger charge is -2.08. The number of nitrogens with one attached hydrogen (secondary N) is 1. The molecule has 0 radical (unpaired) electrons. The van der Waals surface area contributed by atoms with Gasteiger partial charge in [-0.25, -0.2) is 5.48 Å². The van der Waals surface area contributed by atoms with E-state index in [1.807, 2.05) is 0 Å². The molecule has 17 heavy (non-hydrogen) atoms. The van der Waals surface area contributed by atoms with Gasteiger partial charge in [-0.3, -0.25) is 15.0 Å². The van der Waals surface area contributed by atoms with Crippen LogP contribution in [-0.2, 0) is 4.79 Å². The topological polar surface area (TPSA) is 108 Å². The van der Waals surface area contributed by atoms with Crippen LogP contribution in [0.3, 0.4) is 0 Å². The van der Waals surface area contributed by atoms with Crippen LogP contribution in [0.25, 0.3) is 0 Å². The van der Waals surface area contributed by atoms with Crippen LogP contribution in [0.4, 0.5) is 13.2 Å². The first-order valence-electron chi connectivity index (χ1n) is 4.79. The third-order valence-electron chi connectivity index (χ3n) is 1.88. The molecular weight excluding hydrogens is 243 g/mol. The summed E-state index contributed by atoms with van der Waals surface area (Å²) in [6.45, 7) is -0.172. The van der Waals surface area contributed by atoms with Crippen LogP contribution in [-0.4, -0.2) is 40.9 Å². The molecular formula is C8H14F3N3O3. The normalized spacial score (nSPS) is 14.5. The van der Waals surface area contributed by atoms with Crippen LogP contribution < -0.4 is 11.2 Å². The molecule has 9 heteroatoms. The van der Waals surface area contributed by atoms with E-state index in [1.165, 1.54) is 0 Å². The number of carboxylic acids is 1. The molecule has 0 rings (SSSR count). The van der Waals surface area contributed by atoms with Crippen molar-refractivity contribution in [2.75, 3.05) is 6.54 Å². The summed E-state index contributed by atoms with van der Waals surface area (Å²) in [6, 6.07) is -1.02. The van der Waals surface area contributed by atoms with Crippen LogP contribution in [0, 0.1) is 0 Å². The number of hydroxylamine groups is 1. The highest BCUT2D eigenvalue weighted by Gasteiger charge is 2.35. The van der Waals surface area contributed by atoms with Gasteiger partial charge in [0.1, 0.15) is 6.04 Å². The van der Waals surface area contributed by atoms with Crippen molar-refractivity contribution in [1.29, 1.82) is 0 Å². The highest BCUT2D eigenvalue weighted by molar-refractivity contribution is 5.86. The van der Waals surface area contributed by atoms with Crippen molar-refractivity contribution in [2.45, 2.75) is 31.5 Å². The maximum Gasteiger partial charge on any atom is 0.450 e. The van der Waals surface area contributed by atoms with Gasteiger partial charge in [0, 0.05) is 6.54 Å². The predicted molar refractivity (Wildman–Crippen MR) is 52.7 cm³/mol. The Morgan fingerprint density at radius 3 is 2.41 bits per heavy atom. The quantitative estimate of drug-likeness (QED) is 0.240. The van der Waals surface area contributed by atoms with Gasteiger partial charge in [-0.15, -0.1) is 0 Å². The molecule has 0 aromatic rings. The fourth-order valence-corrected chi connectivity index (χ4v) is 0.979. The molecule has 0 aromatic heterocycles. The van der Waals surface area contributed by atoms with Gasteiger partial charge in [0.05, 0.1) is 0 Å². The lowest BCUT2D eigenvalue weighted by Crippen LogP contribution is -2.35. The lowest BCUT2D eigenvalue weighted by molar-refractivity contribution is -0.138. The average Bonchev–Trinajstić information content (AvgIpc) is 2.20. The molecule has 0 saturated heterocycles. The van der Waals surface area contributed by atoms with E-state index in [9.17, 15) is 18.0 Å². The van der Waals surface area contributed by atoms with Crippen LogP contribution in [0.15, 0.2) is 4.99 Å². The zero-order valence-electron chi connectivity index (χ0n) is 8.87. The first-order chi connectivity index (χ1) is 7.79. The Hall–Kier alpha value is -1.35. The summed E-state index contributed by atoms with van der Waals surface area (Å²) in [4.78, 5) is 13.4. The third-order valence-corrected chi connectivity index (χ3v) is 1.88. The van der Waals surface area contributed by atoms with E-state index in [-0.39, 0.29) is 19.4 Å². The minimum atomic E-state index is -4.73. The average molecular weight is 257 g/mol. The Bertz CT molecular complexity index is 281. The number of unbranched alkanes of at least 4 members (excludes halogenated alkanes) is 1. The monoisotopic (exact) mass is 257 g/mol. The highest BCUT2D eigenvalue weighted by Crippen LogP contribution is 2.15. The van der Waals surface area contributed by atoms with Gasteiger partial charge in [0.25, 0.3) is 0 Å². The Kier molecular flexibility index (Phi) is 6.51. The van der Waals surface area contributed by atoms with Gasteiger partial charge in [0.2, 0.25) is 5.84 Å². The van der Waals surface area contributed by atoms with Crippen LogP contribution >= 0.6 is 0 Å². The Balaban J connectivity index is 3.90. The van der Waals surface area contributed by atoms with Gasteiger partial charge >= 0.3 is 12.1 Å². The number of alkyl halides is 3. The predicted octanol–water partition coefficient (Wildman–Crippen LogP) is 0.508. The number of halogens is 3. The second-order valence-corrected chi connectivity index (χ2v) is 3.28. The number of aliphatic carboxylic acids is 1. The molecule has 1 unspecified atom stereocenters. The number of carboxylic acid groups (broad SMARTS) is 1. The molecule has 1 atom stereocenters. The smallest absolute Gasteiger partial charge is 0.450 e. The maximum absolute atomic E-state index is 12.0. The molecule has 6 nitrogen and oxygen atoms in total. The zero-order chi connectivity index (χ0) is 13.5. The number of carbonyl (C=O) groups is 1. The minimum absolute atomic E-state index is 0.165. The molecule has 100 valence electrons. The molecule has 0 fully saturated rings. The molecule has 0 aromatic carbocycles. The van der Waals surface area contributed by atoms with Crippen LogP contribution in [0.5, 0.6) is 0 Å².